The smallest absolute Gasteiger partial charge is 0.256 e. The minimum absolute atomic E-state index is 0.0613. The number of hydrogen-bond acceptors (Lipinski definition) is 7. The van der Waals surface area contributed by atoms with Crippen molar-refractivity contribution in [1.29, 1.82) is 0 Å². The van der Waals surface area contributed by atoms with E-state index in [1.165, 1.54) is 0 Å². The summed E-state index contributed by atoms with van der Waals surface area (Å²) < 4.78 is 0. The van der Waals surface area contributed by atoms with Gasteiger partial charge in [0.1, 0.15) is 18.3 Å². The Morgan fingerprint density at radius 3 is 2.56 bits per heavy atom. The summed E-state index contributed by atoms with van der Waals surface area (Å²) in [4.78, 5) is 14.5. The minimum atomic E-state index is -2.02. The third-order valence-electron chi connectivity index (χ3n) is 5.57. The van der Waals surface area contributed by atoms with Gasteiger partial charge in [0.25, 0.3) is 5.91 Å². The Balaban J connectivity index is 1.82. The molecule has 0 aromatic heterocycles. The molecule has 10 heteroatoms. The largest absolute Gasteiger partial charge is 0.394 e. The standard InChI is InChI=1S/C22H26Cl2N2O6/c1-26-8-15(14-6-12(23)7-17(24)16(14)9-26)11-3-2-4-13(5-11)25-22(32)21(31)20(30)19(29)18(28)10-27/h2-7,15,18-21,27-31H,8-10H2,1H3,(H,25,32)/t15?,18-,19?,20?,21?/m1/s1. The molecule has 0 aliphatic carbocycles. The maximum Gasteiger partial charge on any atom is 0.256 e. The SMILES string of the molecule is CN1Cc2c(Cl)cc(Cl)cc2C(c2cccc(NC(=O)C(O)C(O)C(O)[C@H](O)CO)c2)C1. The van der Waals surface area contributed by atoms with Gasteiger partial charge in [-0.3, -0.25) is 4.79 Å². The van der Waals surface area contributed by atoms with Crippen LogP contribution >= 0.6 is 23.2 Å². The number of aliphatic hydroxyl groups excluding tert-OH is 5. The summed E-state index contributed by atoms with van der Waals surface area (Å²) in [6.07, 6.45) is -7.59. The number of carbonyl (C=O) groups is 1. The van der Waals surface area contributed by atoms with Crippen molar-refractivity contribution in [3.8, 4) is 0 Å². The number of nitrogens with zero attached hydrogens (tertiary/aromatic N) is 1. The van der Waals surface area contributed by atoms with Crippen molar-refractivity contribution in [2.24, 2.45) is 0 Å². The number of hydrogen-bond donors (Lipinski definition) is 6. The zero-order valence-electron chi connectivity index (χ0n) is 17.3. The predicted molar refractivity (Wildman–Crippen MR) is 121 cm³/mol. The van der Waals surface area contributed by atoms with Crippen LogP contribution in [0.2, 0.25) is 10.0 Å². The molecule has 1 aliphatic rings. The Hall–Kier alpha value is -1.75. The van der Waals surface area contributed by atoms with Gasteiger partial charge in [-0.15, -0.1) is 0 Å². The van der Waals surface area contributed by atoms with Crippen molar-refractivity contribution in [1.82, 2.24) is 4.90 Å². The highest BCUT2D eigenvalue weighted by Crippen LogP contribution is 2.38. The number of likely N-dealkylation sites (N-methyl/N-ethyl adjacent to an activating group) is 1. The second kappa shape index (κ2) is 10.5. The van der Waals surface area contributed by atoms with Crippen LogP contribution in [0.5, 0.6) is 0 Å². The van der Waals surface area contributed by atoms with E-state index in [9.17, 15) is 25.2 Å². The lowest BCUT2D eigenvalue weighted by atomic mass is 9.84. The summed E-state index contributed by atoms with van der Waals surface area (Å²) in [7, 11) is 1.98. The molecule has 2 aromatic carbocycles. The maximum absolute atomic E-state index is 12.4. The van der Waals surface area contributed by atoms with Crippen LogP contribution in [-0.4, -0.2) is 81.0 Å². The number of nitrogens with one attached hydrogen (secondary N) is 1. The third kappa shape index (κ3) is 5.41. The molecule has 1 heterocycles. The highest BCUT2D eigenvalue weighted by atomic mass is 35.5. The first-order valence-electron chi connectivity index (χ1n) is 10.0. The first kappa shape index (κ1) is 24.9. The molecule has 0 saturated carbocycles. The average Bonchev–Trinajstić information content (AvgIpc) is 2.77. The number of amides is 1. The van der Waals surface area contributed by atoms with Gasteiger partial charge in [-0.25, -0.2) is 0 Å². The van der Waals surface area contributed by atoms with Gasteiger partial charge < -0.3 is 35.7 Å². The summed E-state index contributed by atoms with van der Waals surface area (Å²) in [5.74, 6) is -1.03. The fourth-order valence-electron chi connectivity index (χ4n) is 3.86. The molecule has 5 atom stereocenters. The second-order valence-electron chi connectivity index (χ2n) is 8.00. The molecule has 0 saturated heterocycles. The molecule has 4 unspecified atom stereocenters. The van der Waals surface area contributed by atoms with Gasteiger partial charge in [0.2, 0.25) is 0 Å². The summed E-state index contributed by atoms with van der Waals surface area (Å²) >= 11 is 12.6. The van der Waals surface area contributed by atoms with E-state index in [2.05, 4.69) is 10.2 Å². The predicted octanol–water partition coefficient (Wildman–Crippen LogP) is 0.945. The number of carbonyl (C=O) groups excluding carboxylic acids is 1. The van der Waals surface area contributed by atoms with E-state index in [1.54, 1.807) is 24.3 Å². The quantitative estimate of drug-likeness (QED) is 0.344. The van der Waals surface area contributed by atoms with E-state index in [4.69, 9.17) is 28.3 Å². The summed E-state index contributed by atoms with van der Waals surface area (Å²) in [5, 5.41) is 51.6. The van der Waals surface area contributed by atoms with Crippen LogP contribution < -0.4 is 5.32 Å². The molecule has 1 aliphatic heterocycles. The number of aliphatic hydroxyl groups is 5. The molecule has 2 aromatic rings. The monoisotopic (exact) mass is 484 g/mol. The van der Waals surface area contributed by atoms with E-state index in [0.717, 1.165) is 16.7 Å². The molecule has 0 bridgehead atoms. The topological polar surface area (TPSA) is 133 Å². The lowest BCUT2D eigenvalue weighted by molar-refractivity contribution is -0.144. The molecule has 0 fully saturated rings. The van der Waals surface area contributed by atoms with Crippen LogP contribution in [0.4, 0.5) is 5.69 Å². The Bertz CT molecular complexity index is 975. The van der Waals surface area contributed by atoms with E-state index in [1.807, 2.05) is 19.2 Å². The highest BCUT2D eigenvalue weighted by molar-refractivity contribution is 6.35. The molecule has 174 valence electrons. The van der Waals surface area contributed by atoms with E-state index >= 15 is 0 Å². The molecular weight excluding hydrogens is 459 g/mol. The zero-order chi connectivity index (χ0) is 23.6. The van der Waals surface area contributed by atoms with Gasteiger partial charge in [0.05, 0.1) is 6.61 Å². The van der Waals surface area contributed by atoms with Crippen molar-refractivity contribution in [2.75, 3.05) is 25.5 Å². The third-order valence-corrected chi connectivity index (χ3v) is 6.13. The van der Waals surface area contributed by atoms with Crippen molar-refractivity contribution in [3.05, 3.63) is 63.1 Å². The Labute approximate surface area is 195 Å². The van der Waals surface area contributed by atoms with Crippen molar-refractivity contribution >= 4 is 34.8 Å². The van der Waals surface area contributed by atoms with Gasteiger partial charge in [0.15, 0.2) is 6.10 Å². The minimum Gasteiger partial charge on any atom is -0.394 e. The summed E-state index contributed by atoms with van der Waals surface area (Å²) in [6, 6.07) is 10.6. The van der Waals surface area contributed by atoms with Crippen LogP contribution in [0, 0.1) is 0 Å². The fraction of sp³-hybridized carbons (Fsp3) is 0.409. The van der Waals surface area contributed by atoms with Gasteiger partial charge in [-0.05, 0) is 48.0 Å². The highest BCUT2D eigenvalue weighted by Gasteiger charge is 2.34. The van der Waals surface area contributed by atoms with E-state index in [0.29, 0.717) is 28.8 Å². The number of anilines is 1. The number of fused-ring (bicyclic) bond motifs is 1. The van der Waals surface area contributed by atoms with Gasteiger partial charge in [-0.2, -0.15) is 0 Å². The van der Waals surface area contributed by atoms with E-state index in [-0.39, 0.29) is 5.92 Å². The van der Waals surface area contributed by atoms with Gasteiger partial charge in [-0.1, -0.05) is 35.3 Å². The Morgan fingerprint density at radius 2 is 1.88 bits per heavy atom. The summed E-state index contributed by atoms with van der Waals surface area (Å²) in [5.41, 5.74) is 3.25. The van der Waals surface area contributed by atoms with Crippen LogP contribution in [0.1, 0.15) is 22.6 Å². The fourth-order valence-corrected chi connectivity index (χ4v) is 4.43. The zero-order valence-corrected chi connectivity index (χ0v) is 18.8. The number of rotatable bonds is 7. The molecular formula is C22H26Cl2N2O6. The maximum atomic E-state index is 12.4. The first-order valence-corrected chi connectivity index (χ1v) is 10.8. The molecule has 3 rings (SSSR count). The molecule has 0 radical (unpaired) electrons. The van der Waals surface area contributed by atoms with E-state index < -0.39 is 36.9 Å². The molecule has 1 amide bonds. The lowest BCUT2D eigenvalue weighted by Crippen LogP contribution is -2.50. The lowest BCUT2D eigenvalue weighted by Gasteiger charge is -2.33. The Morgan fingerprint density at radius 1 is 1.16 bits per heavy atom. The molecule has 8 nitrogen and oxygen atoms in total. The first-order chi connectivity index (χ1) is 15.1. The van der Waals surface area contributed by atoms with Crippen molar-refractivity contribution < 1.29 is 30.3 Å². The van der Waals surface area contributed by atoms with Gasteiger partial charge in [0, 0.05) is 34.7 Å². The van der Waals surface area contributed by atoms with Crippen molar-refractivity contribution in [3.63, 3.8) is 0 Å². The van der Waals surface area contributed by atoms with Crippen LogP contribution in [0.3, 0.4) is 0 Å². The molecule has 6 N–H and O–H groups in total. The summed E-state index contributed by atoms with van der Waals surface area (Å²) in [6.45, 7) is 0.554. The average molecular weight is 485 g/mol. The Kier molecular flexibility index (Phi) is 8.13. The normalized spacial score (nSPS) is 20.2. The van der Waals surface area contributed by atoms with Crippen molar-refractivity contribution in [2.45, 2.75) is 36.9 Å². The van der Waals surface area contributed by atoms with Crippen LogP contribution in [0.25, 0.3) is 0 Å². The number of halogens is 2. The molecule has 0 spiro atoms. The van der Waals surface area contributed by atoms with Gasteiger partial charge >= 0.3 is 0 Å². The van der Waals surface area contributed by atoms with Crippen LogP contribution in [-0.2, 0) is 11.3 Å². The van der Waals surface area contributed by atoms with Crippen LogP contribution in [0.15, 0.2) is 36.4 Å². The molecule has 32 heavy (non-hydrogen) atoms. The number of benzene rings is 2. The second-order valence-corrected chi connectivity index (χ2v) is 8.84.